The zero-order valence-electron chi connectivity index (χ0n) is 15.4. The molecule has 1 saturated carbocycles. The highest BCUT2D eigenvalue weighted by Crippen LogP contribution is 2.33. The third kappa shape index (κ3) is 3.28. The maximum atomic E-state index is 13.1. The average molecular weight is 370 g/mol. The van der Waals surface area contributed by atoms with Crippen molar-refractivity contribution in [1.29, 1.82) is 0 Å². The topological polar surface area (TPSA) is 102 Å². The van der Waals surface area contributed by atoms with Crippen LogP contribution in [0, 0.1) is 19.8 Å². The molecule has 3 heterocycles. The molecule has 1 aliphatic carbocycles. The van der Waals surface area contributed by atoms with Crippen LogP contribution in [0.1, 0.15) is 34.9 Å². The molecule has 3 aromatic heterocycles. The van der Waals surface area contributed by atoms with Gasteiger partial charge in [-0.15, -0.1) is 0 Å². The van der Waals surface area contributed by atoms with E-state index in [0.717, 1.165) is 35.6 Å². The quantitative estimate of drug-likeness (QED) is 0.685. The minimum atomic E-state index is -0.419. The van der Waals surface area contributed by atoms with E-state index in [2.05, 4.69) is 10.3 Å². The summed E-state index contributed by atoms with van der Waals surface area (Å²) in [5.74, 6) is 1.61. The molecule has 1 fully saturated rings. The molecule has 0 saturated heterocycles. The molecule has 3 aromatic rings. The largest absolute Gasteiger partial charge is 0.466 e. The lowest BCUT2D eigenvalue weighted by Crippen LogP contribution is -2.27. The lowest BCUT2D eigenvalue weighted by atomic mass is 10.1. The van der Waals surface area contributed by atoms with Crippen LogP contribution in [0.3, 0.4) is 0 Å². The molecule has 1 aliphatic rings. The Balaban J connectivity index is 1.86. The van der Waals surface area contributed by atoms with Crippen LogP contribution in [0.15, 0.2) is 27.7 Å². The number of fused-ring (bicyclic) bond motifs is 1. The summed E-state index contributed by atoms with van der Waals surface area (Å²) >= 11 is 0. The molecule has 8 nitrogen and oxygen atoms in total. The molecule has 8 heteroatoms. The third-order valence-corrected chi connectivity index (χ3v) is 4.81. The Labute approximate surface area is 155 Å². The van der Waals surface area contributed by atoms with Crippen LogP contribution in [0.2, 0.25) is 0 Å². The number of nitrogens with one attached hydrogen (secondary N) is 1. The van der Waals surface area contributed by atoms with Crippen LogP contribution in [-0.4, -0.2) is 38.1 Å². The van der Waals surface area contributed by atoms with Crippen molar-refractivity contribution in [2.24, 2.45) is 5.92 Å². The van der Waals surface area contributed by atoms with Crippen LogP contribution in [-0.2, 0) is 6.54 Å². The van der Waals surface area contributed by atoms with Crippen LogP contribution in [0.4, 0.5) is 0 Å². The smallest absolute Gasteiger partial charge is 0.294 e. The molecule has 0 bridgehead atoms. The predicted molar refractivity (Wildman–Crippen MR) is 98.8 cm³/mol. The van der Waals surface area contributed by atoms with Crippen LogP contribution in [0.5, 0.6) is 0 Å². The van der Waals surface area contributed by atoms with Crippen molar-refractivity contribution in [2.45, 2.75) is 33.2 Å². The Bertz CT molecular complexity index is 1070. The van der Waals surface area contributed by atoms with E-state index in [1.807, 2.05) is 26.1 Å². The molecular formula is C19H22N4O4. The number of imidazole rings is 1. The molecule has 0 radical (unpaired) electrons. The van der Waals surface area contributed by atoms with E-state index in [1.54, 1.807) is 8.97 Å². The van der Waals surface area contributed by atoms with Gasteiger partial charge in [0.15, 0.2) is 0 Å². The van der Waals surface area contributed by atoms with Gasteiger partial charge in [-0.2, -0.15) is 0 Å². The highest BCUT2D eigenvalue weighted by molar-refractivity contribution is 5.92. The Morgan fingerprint density at radius 2 is 2.15 bits per heavy atom. The average Bonchev–Trinajstić information content (AvgIpc) is 3.24. The van der Waals surface area contributed by atoms with E-state index >= 15 is 0 Å². The molecule has 0 spiro atoms. The van der Waals surface area contributed by atoms with E-state index in [-0.39, 0.29) is 30.1 Å². The monoisotopic (exact) mass is 370 g/mol. The second-order valence-corrected chi connectivity index (χ2v) is 7.04. The first-order valence-electron chi connectivity index (χ1n) is 9.07. The summed E-state index contributed by atoms with van der Waals surface area (Å²) in [6.45, 7) is 4.36. The van der Waals surface area contributed by atoms with Gasteiger partial charge in [-0.3, -0.25) is 14.0 Å². The van der Waals surface area contributed by atoms with E-state index in [0.29, 0.717) is 12.5 Å². The van der Waals surface area contributed by atoms with E-state index in [1.165, 1.54) is 6.20 Å². The number of aliphatic hydroxyl groups excluding tert-OH is 1. The predicted octanol–water partition coefficient (Wildman–Crippen LogP) is 1.50. The number of nitrogens with zero attached hydrogens (tertiary/aromatic N) is 3. The van der Waals surface area contributed by atoms with E-state index < -0.39 is 5.91 Å². The number of aryl methyl sites for hydroxylation is 2. The second kappa shape index (κ2) is 6.70. The number of hydrogen-bond acceptors (Lipinski definition) is 5. The normalized spacial score (nSPS) is 14.0. The first kappa shape index (κ1) is 17.5. The Hall–Kier alpha value is -2.87. The van der Waals surface area contributed by atoms with Crippen molar-refractivity contribution in [3.63, 3.8) is 0 Å². The number of rotatable bonds is 6. The molecule has 0 unspecified atom stereocenters. The van der Waals surface area contributed by atoms with Crippen LogP contribution in [0.25, 0.3) is 16.9 Å². The van der Waals surface area contributed by atoms with Crippen LogP contribution < -0.4 is 10.9 Å². The zero-order chi connectivity index (χ0) is 19.1. The molecule has 2 N–H and O–H groups in total. The highest BCUT2D eigenvalue weighted by Gasteiger charge is 2.26. The number of aliphatic hydroxyl groups is 1. The molecule has 4 rings (SSSR count). The van der Waals surface area contributed by atoms with Gasteiger partial charge in [0.25, 0.3) is 11.5 Å². The van der Waals surface area contributed by atoms with Gasteiger partial charge in [0.2, 0.25) is 5.65 Å². The summed E-state index contributed by atoms with van der Waals surface area (Å²) in [6.07, 6.45) is 5.59. The van der Waals surface area contributed by atoms with Gasteiger partial charge in [-0.1, -0.05) is 0 Å². The van der Waals surface area contributed by atoms with E-state index in [9.17, 15) is 9.59 Å². The number of furan rings is 1. The van der Waals surface area contributed by atoms with Gasteiger partial charge in [-0.25, -0.2) is 4.98 Å². The van der Waals surface area contributed by atoms with Gasteiger partial charge >= 0.3 is 0 Å². The Morgan fingerprint density at radius 1 is 1.37 bits per heavy atom. The fourth-order valence-electron chi connectivity index (χ4n) is 3.29. The molecule has 0 atom stereocenters. The van der Waals surface area contributed by atoms with Crippen molar-refractivity contribution in [2.75, 3.05) is 13.2 Å². The van der Waals surface area contributed by atoms with Gasteiger partial charge < -0.3 is 19.4 Å². The van der Waals surface area contributed by atoms with Gasteiger partial charge in [-0.05, 0) is 38.7 Å². The van der Waals surface area contributed by atoms with E-state index in [4.69, 9.17) is 9.52 Å². The van der Waals surface area contributed by atoms with Crippen molar-refractivity contribution < 1.29 is 14.3 Å². The molecule has 142 valence electrons. The number of aromatic nitrogens is 3. The number of hydrogen-bond donors (Lipinski definition) is 2. The van der Waals surface area contributed by atoms with Gasteiger partial charge in [0, 0.05) is 31.0 Å². The lowest BCUT2D eigenvalue weighted by Gasteiger charge is -2.12. The fourth-order valence-corrected chi connectivity index (χ4v) is 3.29. The summed E-state index contributed by atoms with van der Waals surface area (Å²) in [4.78, 5) is 29.5. The van der Waals surface area contributed by atoms with Crippen molar-refractivity contribution in [3.8, 4) is 11.3 Å². The highest BCUT2D eigenvalue weighted by atomic mass is 16.3. The summed E-state index contributed by atoms with van der Waals surface area (Å²) < 4.78 is 8.99. The molecule has 27 heavy (non-hydrogen) atoms. The zero-order valence-corrected chi connectivity index (χ0v) is 15.4. The maximum absolute atomic E-state index is 13.1. The number of carbonyl (C=O) groups excluding carboxylic acids is 1. The minimum absolute atomic E-state index is 0.136. The number of amides is 1. The van der Waals surface area contributed by atoms with Crippen molar-refractivity contribution >= 4 is 11.6 Å². The molecule has 0 aromatic carbocycles. The summed E-state index contributed by atoms with van der Waals surface area (Å²) in [7, 11) is 0. The first-order chi connectivity index (χ1) is 13.0. The molecule has 0 aliphatic heterocycles. The maximum Gasteiger partial charge on any atom is 0.294 e. The summed E-state index contributed by atoms with van der Waals surface area (Å²) in [6, 6.07) is 1.92. The number of carbonyl (C=O) groups is 1. The Morgan fingerprint density at radius 3 is 2.78 bits per heavy atom. The first-order valence-corrected chi connectivity index (χ1v) is 9.07. The van der Waals surface area contributed by atoms with Crippen LogP contribution >= 0.6 is 0 Å². The van der Waals surface area contributed by atoms with Gasteiger partial charge in [0.1, 0.15) is 17.2 Å². The Kier molecular flexibility index (Phi) is 4.35. The van der Waals surface area contributed by atoms with Gasteiger partial charge in [0.05, 0.1) is 12.3 Å². The second-order valence-electron chi connectivity index (χ2n) is 7.04. The SMILES string of the molecule is Cc1cc(-c2cn3cc(C(=O)NCCO)nc3c(=O)n2CC2CC2)c(C)o1. The molecule has 1 amide bonds. The fraction of sp³-hybridized carbons (Fsp3) is 0.421. The minimum Gasteiger partial charge on any atom is -0.466 e. The van der Waals surface area contributed by atoms with Crippen molar-refractivity contribution in [1.82, 2.24) is 19.3 Å². The van der Waals surface area contributed by atoms with Crippen molar-refractivity contribution in [3.05, 3.63) is 46.0 Å². The lowest BCUT2D eigenvalue weighted by molar-refractivity contribution is 0.0940. The standard InChI is InChI=1S/C19H22N4O4/c1-11-7-14(12(2)27-11)16-10-22-9-15(18(25)20-5-6-24)21-17(22)19(26)23(16)8-13-3-4-13/h7,9-10,13,24H,3-6,8H2,1-2H3,(H,20,25). The molecular weight excluding hydrogens is 348 g/mol. The summed E-state index contributed by atoms with van der Waals surface area (Å²) in [5.41, 5.74) is 1.77. The third-order valence-electron chi connectivity index (χ3n) is 4.81. The summed E-state index contributed by atoms with van der Waals surface area (Å²) in [5, 5.41) is 11.4.